The van der Waals surface area contributed by atoms with E-state index in [2.05, 4.69) is 34.4 Å². The van der Waals surface area contributed by atoms with E-state index in [1.807, 2.05) is 12.1 Å². The van der Waals surface area contributed by atoms with Crippen molar-refractivity contribution < 1.29 is 4.79 Å². The van der Waals surface area contributed by atoms with E-state index in [9.17, 15) is 4.79 Å². The molecule has 5 heteroatoms. The first-order chi connectivity index (χ1) is 10.1. The van der Waals surface area contributed by atoms with Gasteiger partial charge in [0.15, 0.2) is 0 Å². The predicted octanol–water partition coefficient (Wildman–Crippen LogP) is 2.00. The summed E-state index contributed by atoms with van der Waals surface area (Å²) in [7, 11) is 0. The van der Waals surface area contributed by atoms with Gasteiger partial charge in [-0.1, -0.05) is 0 Å². The highest BCUT2D eigenvalue weighted by atomic mass is 16.2. The summed E-state index contributed by atoms with van der Waals surface area (Å²) in [4.78, 5) is 18.3. The van der Waals surface area contributed by atoms with Crippen LogP contribution >= 0.6 is 0 Å². The molecule has 1 fully saturated rings. The molecule has 0 saturated carbocycles. The molecule has 1 saturated heterocycles. The van der Waals surface area contributed by atoms with Crippen LogP contribution in [0.25, 0.3) is 0 Å². The van der Waals surface area contributed by atoms with E-state index in [0.717, 1.165) is 18.7 Å². The minimum Gasteiger partial charge on any atom is -0.338 e. The number of urea groups is 1. The first-order valence-electron chi connectivity index (χ1n) is 7.80. The molecular weight excluding hydrogens is 264 g/mol. The monoisotopic (exact) mass is 290 g/mol. The van der Waals surface area contributed by atoms with Crippen LogP contribution in [0.3, 0.4) is 0 Å². The molecule has 0 bridgehead atoms. The second kappa shape index (κ2) is 7.98. The Morgan fingerprint density at radius 1 is 1.38 bits per heavy atom. The highest BCUT2D eigenvalue weighted by molar-refractivity contribution is 5.73. The molecule has 1 aliphatic rings. The number of aromatic nitrogens is 1. The number of amides is 2. The van der Waals surface area contributed by atoms with Crippen molar-refractivity contribution in [3.63, 3.8) is 0 Å². The Hall–Kier alpha value is -1.62. The number of nitrogens with zero attached hydrogens (tertiary/aromatic N) is 2. The van der Waals surface area contributed by atoms with E-state index in [1.165, 1.54) is 19.4 Å². The number of likely N-dealkylation sites (tertiary alicyclic amines) is 1. The summed E-state index contributed by atoms with van der Waals surface area (Å²) in [5.41, 5.74) is 1.06. The molecule has 2 N–H and O–H groups in total. The summed E-state index contributed by atoms with van der Waals surface area (Å²) >= 11 is 0. The molecule has 2 amide bonds. The fraction of sp³-hybridized carbons (Fsp3) is 0.625. The van der Waals surface area contributed by atoms with Crippen LogP contribution in [0.4, 0.5) is 4.79 Å². The van der Waals surface area contributed by atoms with Crippen molar-refractivity contribution in [1.82, 2.24) is 20.5 Å². The van der Waals surface area contributed by atoms with Gasteiger partial charge in [-0.25, -0.2) is 4.79 Å². The van der Waals surface area contributed by atoms with E-state index in [4.69, 9.17) is 0 Å². The zero-order valence-corrected chi connectivity index (χ0v) is 13.0. The molecular formula is C16H26N4O. The minimum atomic E-state index is -0.0894. The largest absolute Gasteiger partial charge is 0.338 e. The van der Waals surface area contributed by atoms with Crippen LogP contribution in [0, 0.1) is 5.92 Å². The highest BCUT2D eigenvalue weighted by Crippen LogP contribution is 2.17. The maximum absolute atomic E-state index is 11.8. The van der Waals surface area contributed by atoms with Gasteiger partial charge in [-0.05, 0) is 56.8 Å². The minimum absolute atomic E-state index is 0.0894. The third kappa shape index (κ3) is 5.34. The summed E-state index contributed by atoms with van der Waals surface area (Å²) in [6.45, 7) is 8.03. The summed E-state index contributed by atoms with van der Waals surface area (Å²) in [5, 5.41) is 5.87. The lowest BCUT2D eigenvalue weighted by Crippen LogP contribution is -2.45. The van der Waals surface area contributed by atoms with Gasteiger partial charge < -0.3 is 15.5 Å². The van der Waals surface area contributed by atoms with Crippen LogP contribution in [0.2, 0.25) is 0 Å². The standard InChI is InChI=1S/C16H26N4O/c1-13(2)20-9-3-4-15(12-20)11-19-16(21)18-10-14-5-7-17-8-6-14/h5-8,13,15H,3-4,9-12H2,1-2H3,(H2,18,19,21)/t15-/m1/s1. The number of hydrogen-bond acceptors (Lipinski definition) is 3. The highest BCUT2D eigenvalue weighted by Gasteiger charge is 2.21. The van der Waals surface area contributed by atoms with Crippen molar-refractivity contribution in [3.05, 3.63) is 30.1 Å². The number of hydrogen-bond donors (Lipinski definition) is 2. The molecule has 0 aromatic carbocycles. The van der Waals surface area contributed by atoms with Crippen LogP contribution < -0.4 is 10.6 Å². The van der Waals surface area contributed by atoms with E-state index >= 15 is 0 Å². The summed E-state index contributed by atoms with van der Waals surface area (Å²) < 4.78 is 0. The average molecular weight is 290 g/mol. The van der Waals surface area contributed by atoms with Gasteiger partial charge in [-0.15, -0.1) is 0 Å². The lowest BCUT2D eigenvalue weighted by atomic mass is 9.97. The number of piperidine rings is 1. The zero-order valence-electron chi connectivity index (χ0n) is 13.0. The molecule has 1 aliphatic heterocycles. The van der Waals surface area contributed by atoms with Gasteiger partial charge >= 0.3 is 6.03 Å². The first kappa shape index (κ1) is 15.8. The van der Waals surface area contributed by atoms with Gasteiger partial charge in [-0.3, -0.25) is 4.98 Å². The Morgan fingerprint density at radius 2 is 2.14 bits per heavy atom. The van der Waals surface area contributed by atoms with E-state index in [0.29, 0.717) is 18.5 Å². The van der Waals surface area contributed by atoms with Gasteiger partial charge in [0.1, 0.15) is 0 Å². The van der Waals surface area contributed by atoms with E-state index < -0.39 is 0 Å². The third-order valence-corrected chi connectivity index (χ3v) is 4.03. The number of rotatable bonds is 5. The topological polar surface area (TPSA) is 57.3 Å². The molecule has 0 spiro atoms. The van der Waals surface area contributed by atoms with Crippen molar-refractivity contribution in [1.29, 1.82) is 0 Å². The average Bonchev–Trinajstić information content (AvgIpc) is 2.52. The van der Waals surface area contributed by atoms with Gasteiger partial charge in [-0.2, -0.15) is 0 Å². The van der Waals surface area contributed by atoms with Crippen molar-refractivity contribution in [2.24, 2.45) is 5.92 Å². The second-order valence-corrected chi connectivity index (χ2v) is 6.02. The number of carbonyl (C=O) groups is 1. The van der Waals surface area contributed by atoms with Gasteiger partial charge in [0.05, 0.1) is 0 Å². The van der Waals surface area contributed by atoms with Crippen molar-refractivity contribution >= 4 is 6.03 Å². The quantitative estimate of drug-likeness (QED) is 0.872. The van der Waals surface area contributed by atoms with Gasteiger partial charge in [0, 0.05) is 38.1 Å². The van der Waals surface area contributed by atoms with Crippen LogP contribution in [0.15, 0.2) is 24.5 Å². The maximum Gasteiger partial charge on any atom is 0.315 e. The second-order valence-electron chi connectivity index (χ2n) is 6.02. The first-order valence-corrected chi connectivity index (χ1v) is 7.80. The smallest absolute Gasteiger partial charge is 0.315 e. The molecule has 2 rings (SSSR count). The normalized spacial score (nSPS) is 19.5. The van der Waals surface area contributed by atoms with Crippen LogP contribution in [0.5, 0.6) is 0 Å². The predicted molar refractivity (Wildman–Crippen MR) is 83.9 cm³/mol. The Balaban J connectivity index is 1.67. The van der Waals surface area contributed by atoms with Gasteiger partial charge in [0.2, 0.25) is 0 Å². The molecule has 2 heterocycles. The molecule has 0 radical (unpaired) electrons. The SMILES string of the molecule is CC(C)N1CCC[C@H](CNC(=O)NCc2ccncc2)C1. The summed E-state index contributed by atoms with van der Waals surface area (Å²) in [5.74, 6) is 0.563. The molecule has 1 atom stereocenters. The Labute approximate surface area is 127 Å². The Kier molecular flexibility index (Phi) is 5.99. The molecule has 1 aromatic rings. The lowest BCUT2D eigenvalue weighted by molar-refractivity contribution is 0.139. The van der Waals surface area contributed by atoms with Crippen molar-refractivity contribution in [2.75, 3.05) is 19.6 Å². The van der Waals surface area contributed by atoms with E-state index in [1.54, 1.807) is 12.4 Å². The summed E-state index contributed by atoms with van der Waals surface area (Å²) in [6, 6.07) is 4.31. The van der Waals surface area contributed by atoms with Crippen LogP contribution in [-0.2, 0) is 6.54 Å². The molecule has 0 unspecified atom stereocenters. The maximum atomic E-state index is 11.8. The fourth-order valence-electron chi connectivity index (χ4n) is 2.72. The molecule has 116 valence electrons. The Bertz CT molecular complexity index is 435. The fourth-order valence-corrected chi connectivity index (χ4v) is 2.72. The number of pyridine rings is 1. The van der Waals surface area contributed by atoms with Crippen LogP contribution in [0.1, 0.15) is 32.3 Å². The number of carbonyl (C=O) groups excluding carboxylic acids is 1. The number of nitrogens with one attached hydrogen (secondary N) is 2. The van der Waals surface area contributed by atoms with Gasteiger partial charge in [0.25, 0.3) is 0 Å². The molecule has 0 aliphatic carbocycles. The van der Waals surface area contributed by atoms with Crippen molar-refractivity contribution in [2.45, 2.75) is 39.3 Å². The summed E-state index contributed by atoms with van der Waals surface area (Å²) in [6.07, 6.45) is 5.89. The molecule has 21 heavy (non-hydrogen) atoms. The molecule has 1 aromatic heterocycles. The lowest BCUT2D eigenvalue weighted by Gasteiger charge is -2.35. The van der Waals surface area contributed by atoms with E-state index in [-0.39, 0.29) is 6.03 Å². The van der Waals surface area contributed by atoms with Crippen LogP contribution in [-0.4, -0.2) is 41.6 Å². The third-order valence-electron chi connectivity index (χ3n) is 4.03. The molecule has 5 nitrogen and oxygen atoms in total. The zero-order chi connectivity index (χ0) is 15.1. The van der Waals surface area contributed by atoms with Crippen molar-refractivity contribution in [3.8, 4) is 0 Å². The Morgan fingerprint density at radius 3 is 2.86 bits per heavy atom.